The van der Waals surface area contributed by atoms with Crippen molar-refractivity contribution < 1.29 is 4.58 Å². The zero-order chi connectivity index (χ0) is 14.1. The summed E-state index contributed by atoms with van der Waals surface area (Å²) in [6.07, 6.45) is 8.40. The van der Waals surface area contributed by atoms with Crippen molar-refractivity contribution in [1.29, 1.82) is 0 Å². The van der Waals surface area contributed by atoms with E-state index in [1.54, 1.807) is 11.8 Å². The van der Waals surface area contributed by atoms with Crippen molar-refractivity contribution in [2.75, 3.05) is 18.4 Å². The molecule has 104 valence electrons. The fourth-order valence-electron chi connectivity index (χ4n) is 2.48. The largest absolute Gasteiger partial charge is 0.347 e. The molecular weight excluding hydrogens is 280 g/mol. The average molecular weight is 295 g/mol. The maximum absolute atomic E-state index is 4.75. The number of hydrogen-bond acceptors (Lipinski definition) is 3. The lowest BCUT2D eigenvalue weighted by Crippen LogP contribution is -2.28. The molecule has 0 aromatic heterocycles. The number of benzene rings is 1. The number of thioether (sulfide) groups is 1. The summed E-state index contributed by atoms with van der Waals surface area (Å²) in [5.41, 5.74) is 2.18. The molecule has 0 amide bonds. The van der Waals surface area contributed by atoms with Crippen LogP contribution in [-0.4, -0.2) is 39.8 Å². The SMILES string of the molecule is C1=CC2=N/C(=[N+]3\CCN=C3Nc3ccccc3)SC2C=C1. The Morgan fingerprint density at radius 1 is 1.19 bits per heavy atom. The molecule has 1 N–H and O–H groups in total. The van der Waals surface area contributed by atoms with Crippen molar-refractivity contribution >= 4 is 34.3 Å². The summed E-state index contributed by atoms with van der Waals surface area (Å²) in [4.78, 5) is 9.31. The van der Waals surface area contributed by atoms with Gasteiger partial charge in [-0.25, -0.2) is 4.58 Å². The van der Waals surface area contributed by atoms with Crippen LogP contribution in [0.5, 0.6) is 0 Å². The number of guanidine groups is 1. The Labute approximate surface area is 127 Å². The second-order valence-electron chi connectivity index (χ2n) is 4.95. The van der Waals surface area contributed by atoms with Gasteiger partial charge in [-0.05, 0) is 30.0 Å². The Bertz CT molecular complexity index is 713. The Balaban J connectivity index is 1.62. The lowest BCUT2D eigenvalue weighted by Gasteiger charge is -2.06. The van der Waals surface area contributed by atoms with Gasteiger partial charge in [-0.1, -0.05) is 36.4 Å². The molecule has 4 nitrogen and oxygen atoms in total. The number of allylic oxidation sites excluding steroid dienone is 3. The van der Waals surface area contributed by atoms with Crippen LogP contribution in [0.4, 0.5) is 5.69 Å². The zero-order valence-corrected chi connectivity index (χ0v) is 12.3. The van der Waals surface area contributed by atoms with E-state index < -0.39 is 0 Å². The Morgan fingerprint density at radius 2 is 2.10 bits per heavy atom. The van der Waals surface area contributed by atoms with Crippen LogP contribution in [0.2, 0.25) is 0 Å². The number of aliphatic imine (C=N–C) groups is 2. The average Bonchev–Trinajstić information content (AvgIpc) is 3.14. The van der Waals surface area contributed by atoms with Gasteiger partial charge in [0.15, 0.2) is 0 Å². The lowest BCUT2D eigenvalue weighted by molar-refractivity contribution is -0.392. The first-order valence-corrected chi connectivity index (χ1v) is 7.89. The summed E-state index contributed by atoms with van der Waals surface area (Å²) in [5.74, 6) is 0.889. The van der Waals surface area contributed by atoms with Crippen LogP contribution in [0.15, 0.2) is 64.6 Å². The van der Waals surface area contributed by atoms with Crippen LogP contribution in [0, 0.1) is 0 Å². The highest BCUT2D eigenvalue weighted by molar-refractivity contribution is 8.15. The highest BCUT2D eigenvalue weighted by Crippen LogP contribution is 2.27. The molecule has 0 saturated carbocycles. The third kappa shape index (κ3) is 2.45. The minimum Gasteiger partial charge on any atom is -0.263 e. The maximum atomic E-state index is 4.75. The molecule has 21 heavy (non-hydrogen) atoms. The molecule has 1 unspecified atom stereocenters. The minimum absolute atomic E-state index is 0.351. The molecule has 5 heteroatoms. The minimum atomic E-state index is 0.351. The molecule has 2 aliphatic heterocycles. The van der Waals surface area contributed by atoms with Gasteiger partial charge in [0.2, 0.25) is 0 Å². The predicted octanol–water partition coefficient (Wildman–Crippen LogP) is 2.52. The van der Waals surface area contributed by atoms with E-state index in [1.165, 1.54) is 0 Å². The number of hydrogen-bond donors (Lipinski definition) is 1. The monoisotopic (exact) mass is 295 g/mol. The van der Waals surface area contributed by atoms with Gasteiger partial charge in [0, 0.05) is 0 Å². The molecule has 2 heterocycles. The van der Waals surface area contributed by atoms with E-state index in [9.17, 15) is 0 Å². The van der Waals surface area contributed by atoms with E-state index in [-0.39, 0.29) is 0 Å². The molecule has 1 atom stereocenters. The number of nitrogens with one attached hydrogen (secondary N) is 1. The van der Waals surface area contributed by atoms with Gasteiger partial charge in [-0.2, -0.15) is 0 Å². The second kappa shape index (κ2) is 5.33. The van der Waals surface area contributed by atoms with Crippen molar-refractivity contribution in [2.24, 2.45) is 9.98 Å². The predicted molar refractivity (Wildman–Crippen MR) is 89.6 cm³/mol. The first kappa shape index (κ1) is 12.6. The van der Waals surface area contributed by atoms with E-state index in [4.69, 9.17) is 4.99 Å². The van der Waals surface area contributed by atoms with Crippen molar-refractivity contribution in [2.45, 2.75) is 5.25 Å². The van der Waals surface area contributed by atoms with Crippen molar-refractivity contribution in [3.05, 3.63) is 54.6 Å². The number of anilines is 1. The standard InChI is InChI=1S/C16H15N4S/c1-2-6-12(7-3-1)18-15-17-10-11-20(15)16-19-13-8-4-5-9-14(13)21-16/h1-9,14H,10-11H2,(H,17,18)/q+1. The van der Waals surface area contributed by atoms with Crippen LogP contribution in [-0.2, 0) is 0 Å². The maximum Gasteiger partial charge on any atom is 0.347 e. The Kier molecular flexibility index (Phi) is 3.20. The molecule has 0 radical (unpaired) electrons. The quantitative estimate of drug-likeness (QED) is 0.809. The Hall–Kier alpha value is -2.14. The van der Waals surface area contributed by atoms with Gasteiger partial charge in [-0.15, -0.1) is 9.98 Å². The molecule has 0 spiro atoms. The first-order chi connectivity index (χ1) is 10.4. The summed E-state index contributed by atoms with van der Waals surface area (Å²) < 4.78 is 2.17. The Morgan fingerprint density at radius 3 is 2.95 bits per heavy atom. The summed E-state index contributed by atoms with van der Waals surface area (Å²) in [5, 5.41) is 4.77. The van der Waals surface area contributed by atoms with Gasteiger partial charge in [0.1, 0.15) is 12.3 Å². The topological polar surface area (TPSA) is 39.8 Å². The molecule has 1 aliphatic carbocycles. The third-order valence-electron chi connectivity index (χ3n) is 3.51. The van der Waals surface area contributed by atoms with Gasteiger partial charge >= 0.3 is 5.96 Å². The van der Waals surface area contributed by atoms with E-state index in [1.807, 2.05) is 36.4 Å². The van der Waals surface area contributed by atoms with Crippen LogP contribution in [0.1, 0.15) is 0 Å². The van der Waals surface area contributed by atoms with Crippen LogP contribution in [0.3, 0.4) is 0 Å². The van der Waals surface area contributed by atoms with Gasteiger partial charge in [0.05, 0.1) is 17.5 Å². The molecule has 1 aromatic rings. The molecule has 1 aromatic carbocycles. The third-order valence-corrected chi connectivity index (χ3v) is 4.69. The number of nitrogens with zero attached hydrogens (tertiary/aromatic N) is 3. The highest BCUT2D eigenvalue weighted by Gasteiger charge is 2.32. The van der Waals surface area contributed by atoms with E-state index in [0.29, 0.717) is 5.25 Å². The molecule has 3 aliphatic rings. The zero-order valence-electron chi connectivity index (χ0n) is 11.4. The van der Waals surface area contributed by atoms with Gasteiger partial charge in [0.25, 0.3) is 5.17 Å². The first-order valence-electron chi connectivity index (χ1n) is 7.01. The van der Waals surface area contributed by atoms with Crippen molar-refractivity contribution in [1.82, 2.24) is 0 Å². The number of para-hydroxylation sites is 1. The lowest BCUT2D eigenvalue weighted by atomic mass is 10.1. The highest BCUT2D eigenvalue weighted by atomic mass is 32.2. The normalized spacial score (nSPS) is 26.6. The van der Waals surface area contributed by atoms with Crippen LogP contribution in [0.25, 0.3) is 0 Å². The van der Waals surface area contributed by atoms with Gasteiger partial charge in [-0.3, -0.25) is 5.32 Å². The summed E-state index contributed by atoms with van der Waals surface area (Å²) >= 11 is 1.79. The van der Waals surface area contributed by atoms with Crippen LogP contribution >= 0.6 is 11.8 Å². The molecule has 0 bridgehead atoms. The molecular formula is C16H15N4S+. The summed E-state index contributed by atoms with van der Waals surface area (Å²) in [6, 6.07) is 10.1. The molecule has 0 fully saturated rings. The number of fused-ring (bicyclic) bond motifs is 1. The van der Waals surface area contributed by atoms with Crippen molar-refractivity contribution in [3.8, 4) is 0 Å². The smallest absolute Gasteiger partial charge is 0.263 e. The van der Waals surface area contributed by atoms with E-state index in [0.717, 1.165) is 35.6 Å². The number of rotatable bonds is 1. The fourth-order valence-corrected chi connectivity index (χ4v) is 3.59. The number of amidine groups is 1. The van der Waals surface area contributed by atoms with Crippen LogP contribution < -0.4 is 5.32 Å². The van der Waals surface area contributed by atoms with E-state index >= 15 is 0 Å². The second-order valence-corrected chi connectivity index (χ2v) is 6.06. The molecule has 4 rings (SSSR count). The van der Waals surface area contributed by atoms with Crippen molar-refractivity contribution in [3.63, 3.8) is 0 Å². The van der Waals surface area contributed by atoms with E-state index in [2.05, 4.69) is 33.1 Å². The van der Waals surface area contributed by atoms with Gasteiger partial charge < -0.3 is 0 Å². The summed E-state index contributed by atoms with van der Waals surface area (Å²) in [7, 11) is 0. The molecule has 0 saturated heterocycles. The summed E-state index contributed by atoms with van der Waals surface area (Å²) in [6.45, 7) is 1.69. The fraction of sp³-hybridized carbons (Fsp3) is 0.188.